The second-order valence-electron chi connectivity index (χ2n) is 8.23. The van der Waals surface area contributed by atoms with Crippen molar-refractivity contribution in [1.29, 1.82) is 0 Å². The number of carboxylic acids is 1. The topological polar surface area (TPSA) is 90.7 Å². The van der Waals surface area contributed by atoms with Crippen molar-refractivity contribution < 1.29 is 24.2 Å². The Kier molecular flexibility index (Phi) is 6.36. The first-order chi connectivity index (χ1) is 16.3. The van der Waals surface area contributed by atoms with Crippen LogP contribution in [-0.2, 0) is 11.3 Å². The minimum atomic E-state index is -1.03. The highest BCUT2D eigenvalue weighted by atomic mass is 16.5. The monoisotopic (exact) mass is 458 g/mol. The smallest absolute Gasteiger partial charge is 0.344 e. The van der Waals surface area contributed by atoms with Gasteiger partial charge in [0.1, 0.15) is 17.1 Å². The lowest BCUT2D eigenvalue weighted by Crippen LogP contribution is -2.22. The van der Waals surface area contributed by atoms with E-state index < -0.39 is 12.1 Å². The number of aromatic nitrogens is 2. The minimum absolute atomic E-state index is 0.0799. The highest BCUT2D eigenvalue weighted by Crippen LogP contribution is 2.29. The normalized spacial score (nSPS) is 11.9. The van der Waals surface area contributed by atoms with Gasteiger partial charge in [-0.1, -0.05) is 12.1 Å². The van der Waals surface area contributed by atoms with Crippen LogP contribution in [-0.4, -0.2) is 39.6 Å². The third kappa shape index (κ3) is 4.50. The number of benzene rings is 2. The number of carboxylic acid groups (broad SMARTS) is 1. The summed E-state index contributed by atoms with van der Waals surface area (Å²) in [7, 11) is 1.59. The number of aliphatic carboxylic acids is 1. The number of pyridine rings is 1. The lowest BCUT2D eigenvalue weighted by atomic mass is 10.0. The minimum Gasteiger partial charge on any atom is -0.497 e. The Bertz CT molecular complexity index is 1370. The van der Waals surface area contributed by atoms with E-state index in [4.69, 9.17) is 14.6 Å². The maximum absolute atomic E-state index is 13.5. The number of carbonyl (C=O) groups excluding carboxylic acids is 1. The Hall–Kier alpha value is -4.13. The predicted molar refractivity (Wildman–Crippen MR) is 129 cm³/mol. The first-order valence-corrected chi connectivity index (χ1v) is 10.9. The molecule has 7 nitrogen and oxygen atoms in total. The number of hydrogen-bond acceptors (Lipinski definition) is 5. The van der Waals surface area contributed by atoms with Gasteiger partial charge in [0.15, 0.2) is 11.9 Å². The molecule has 0 amide bonds. The van der Waals surface area contributed by atoms with Gasteiger partial charge in [-0.05, 0) is 74.4 Å². The van der Waals surface area contributed by atoms with Crippen LogP contribution in [0.15, 0.2) is 60.8 Å². The van der Waals surface area contributed by atoms with Gasteiger partial charge in [-0.3, -0.25) is 4.79 Å². The van der Waals surface area contributed by atoms with Crippen molar-refractivity contribution in [3.8, 4) is 11.5 Å². The Morgan fingerprint density at radius 1 is 1.06 bits per heavy atom. The molecule has 1 atom stereocenters. The number of aryl methyl sites for hydroxylation is 1. The fraction of sp³-hybridized carbons (Fsp3) is 0.222. The van der Waals surface area contributed by atoms with Gasteiger partial charge in [0.05, 0.1) is 12.7 Å². The molecule has 2 aromatic heterocycles. The molecule has 7 heteroatoms. The average Bonchev–Trinajstić information content (AvgIpc) is 3.09. The maximum atomic E-state index is 13.5. The molecule has 0 unspecified atom stereocenters. The lowest BCUT2D eigenvalue weighted by Gasteiger charge is -2.13. The second kappa shape index (κ2) is 9.39. The van der Waals surface area contributed by atoms with Crippen LogP contribution >= 0.6 is 0 Å². The summed E-state index contributed by atoms with van der Waals surface area (Å²) in [6, 6.07) is 16.3. The van der Waals surface area contributed by atoms with Crippen LogP contribution in [0.1, 0.15) is 39.7 Å². The number of rotatable bonds is 8. The van der Waals surface area contributed by atoms with E-state index in [2.05, 4.69) is 4.98 Å². The van der Waals surface area contributed by atoms with Gasteiger partial charge in [-0.15, -0.1) is 0 Å². The Labute approximate surface area is 197 Å². The van der Waals surface area contributed by atoms with Gasteiger partial charge >= 0.3 is 5.97 Å². The lowest BCUT2D eigenvalue weighted by molar-refractivity contribution is -0.144. The van der Waals surface area contributed by atoms with Gasteiger partial charge in [0.2, 0.25) is 0 Å². The molecule has 174 valence electrons. The quantitative estimate of drug-likeness (QED) is 0.382. The zero-order chi connectivity index (χ0) is 24.4. The summed E-state index contributed by atoms with van der Waals surface area (Å²) in [5.74, 6) is 0.0509. The highest BCUT2D eigenvalue weighted by Gasteiger charge is 2.22. The first kappa shape index (κ1) is 23.0. The number of fused-ring (bicyclic) bond motifs is 1. The van der Waals surface area contributed by atoms with Crippen LogP contribution in [0.5, 0.6) is 11.5 Å². The van der Waals surface area contributed by atoms with E-state index in [9.17, 15) is 9.59 Å². The fourth-order valence-corrected chi connectivity index (χ4v) is 3.97. The number of hydrogen-bond donors (Lipinski definition) is 1. The summed E-state index contributed by atoms with van der Waals surface area (Å²) >= 11 is 0. The van der Waals surface area contributed by atoms with Crippen molar-refractivity contribution in [3.63, 3.8) is 0 Å². The summed E-state index contributed by atoms with van der Waals surface area (Å²) in [6.45, 7) is 5.81. The molecular weight excluding hydrogens is 432 g/mol. The van der Waals surface area contributed by atoms with E-state index >= 15 is 0 Å². The van der Waals surface area contributed by atoms with E-state index in [-0.39, 0.29) is 5.78 Å². The van der Waals surface area contributed by atoms with Crippen molar-refractivity contribution >= 4 is 22.8 Å². The Balaban J connectivity index is 1.75. The zero-order valence-electron chi connectivity index (χ0n) is 19.5. The number of methoxy groups -OCH3 is 1. The molecule has 2 aromatic carbocycles. The number of ether oxygens (including phenoxy) is 2. The molecule has 0 saturated heterocycles. The van der Waals surface area contributed by atoms with E-state index in [0.29, 0.717) is 34.8 Å². The molecule has 0 bridgehead atoms. The van der Waals surface area contributed by atoms with Gasteiger partial charge < -0.3 is 19.1 Å². The van der Waals surface area contributed by atoms with Crippen molar-refractivity contribution in [3.05, 3.63) is 88.7 Å². The molecule has 2 heterocycles. The predicted octanol–water partition coefficient (Wildman–Crippen LogP) is 4.79. The van der Waals surface area contributed by atoms with Crippen LogP contribution in [0.4, 0.5) is 0 Å². The molecule has 0 aliphatic heterocycles. The van der Waals surface area contributed by atoms with Gasteiger partial charge in [0.25, 0.3) is 0 Å². The van der Waals surface area contributed by atoms with Crippen LogP contribution < -0.4 is 9.47 Å². The van der Waals surface area contributed by atoms with E-state index in [1.54, 1.807) is 43.6 Å². The molecule has 1 N–H and O–H groups in total. The summed E-state index contributed by atoms with van der Waals surface area (Å²) in [5.41, 5.74) is 4.57. The summed E-state index contributed by atoms with van der Waals surface area (Å²) in [5, 5.41) is 9.92. The Morgan fingerprint density at radius 2 is 1.79 bits per heavy atom. The van der Waals surface area contributed by atoms with Crippen molar-refractivity contribution in [2.24, 2.45) is 0 Å². The molecule has 4 aromatic rings. The summed E-state index contributed by atoms with van der Waals surface area (Å²) in [6.07, 6.45) is 0.830. The molecule has 0 aliphatic carbocycles. The van der Waals surface area contributed by atoms with Gasteiger partial charge in [-0.25, -0.2) is 9.78 Å². The van der Waals surface area contributed by atoms with Gasteiger partial charge in [0, 0.05) is 29.4 Å². The van der Waals surface area contributed by atoms with Crippen LogP contribution in [0.3, 0.4) is 0 Å². The third-order valence-electron chi connectivity index (χ3n) is 5.77. The molecular formula is C27H26N2O5. The molecule has 0 aliphatic rings. The van der Waals surface area contributed by atoms with E-state index in [1.165, 1.54) is 6.92 Å². The zero-order valence-corrected chi connectivity index (χ0v) is 19.5. The second-order valence-corrected chi connectivity index (χ2v) is 8.23. The van der Waals surface area contributed by atoms with E-state index in [1.807, 2.05) is 42.7 Å². The van der Waals surface area contributed by atoms with Crippen LogP contribution in [0.25, 0.3) is 11.0 Å². The van der Waals surface area contributed by atoms with Crippen molar-refractivity contribution in [1.82, 2.24) is 9.55 Å². The average molecular weight is 459 g/mol. The molecule has 0 fully saturated rings. The number of ketones is 1. The summed E-state index contributed by atoms with van der Waals surface area (Å²) < 4.78 is 12.7. The SMILES string of the molecule is COc1ccc(C(=O)c2c(C)n(Cc3cccc(O[C@H](C)C(=O)O)c3)c3ncc(C)cc23)cc1. The van der Waals surface area contributed by atoms with Crippen LogP contribution in [0.2, 0.25) is 0 Å². The highest BCUT2D eigenvalue weighted by molar-refractivity contribution is 6.17. The molecule has 0 radical (unpaired) electrons. The van der Waals surface area contributed by atoms with Crippen molar-refractivity contribution in [2.45, 2.75) is 33.4 Å². The number of carbonyl (C=O) groups is 2. The van der Waals surface area contributed by atoms with E-state index in [0.717, 1.165) is 22.2 Å². The standard InChI is InChI=1S/C27H26N2O5/c1-16-12-23-24(25(30)20-8-10-21(33-4)11-9-20)17(2)29(26(23)28-14-16)15-19-6-5-7-22(13-19)34-18(3)27(31)32/h5-14,18H,15H2,1-4H3,(H,31,32)/t18-/m1/s1. The fourth-order valence-electron chi connectivity index (χ4n) is 3.97. The molecule has 0 saturated carbocycles. The molecule has 34 heavy (non-hydrogen) atoms. The van der Waals surface area contributed by atoms with Crippen LogP contribution in [0, 0.1) is 13.8 Å². The van der Waals surface area contributed by atoms with Crippen molar-refractivity contribution in [2.75, 3.05) is 7.11 Å². The summed E-state index contributed by atoms with van der Waals surface area (Å²) in [4.78, 5) is 29.3. The van der Waals surface area contributed by atoms with Gasteiger partial charge in [-0.2, -0.15) is 0 Å². The molecule has 0 spiro atoms. The maximum Gasteiger partial charge on any atom is 0.344 e. The Morgan fingerprint density at radius 3 is 2.47 bits per heavy atom. The largest absolute Gasteiger partial charge is 0.497 e. The third-order valence-corrected chi connectivity index (χ3v) is 5.77. The number of nitrogens with zero attached hydrogens (tertiary/aromatic N) is 2. The first-order valence-electron chi connectivity index (χ1n) is 10.9. The molecule has 4 rings (SSSR count).